The van der Waals surface area contributed by atoms with Crippen LogP contribution in [-0.2, 0) is 6.54 Å². The molecule has 5 nitrogen and oxygen atoms in total. The number of hydrogen-bond acceptors (Lipinski definition) is 3. The van der Waals surface area contributed by atoms with Crippen molar-refractivity contribution in [3.63, 3.8) is 0 Å². The summed E-state index contributed by atoms with van der Waals surface area (Å²) in [6.45, 7) is 2.46. The van der Waals surface area contributed by atoms with Gasteiger partial charge in [0.05, 0.1) is 12.1 Å². The highest BCUT2D eigenvalue weighted by atomic mass is 79.9. The highest BCUT2D eigenvalue weighted by molar-refractivity contribution is 9.10. The highest BCUT2D eigenvalue weighted by Crippen LogP contribution is 2.22. The Kier molecular flexibility index (Phi) is 4.21. The summed E-state index contributed by atoms with van der Waals surface area (Å²) in [5, 5.41) is 16.6. The van der Waals surface area contributed by atoms with Gasteiger partial charge in [0.1, 0.15) is 5.75 Å². The molecule has 100 valence electrons. The number of hydrogen-bond donors (Lipinski definition) is 2. The van der Waals surface area contributed by atoms with Crippen LogP contribution >= 0.6 is 15.9 Å². The second-order valence-corrected chi connectivity index (χ2v) is 5.18. The molecule has 1 heterocycles. The quantitative estimate of drug-likeness (QED) is 0.906. The van der Waals surface area contributed by atoms with E-state index in [1.807, 2.05) is 19.2 Å². The number of halogens is 1. The maximum absolute atomic E-state index is 12.0. The molecule has 0 saturated carbocycles. The van der Waals surface area contributed by atoms with Crippen molar-refractivity contribution in [1.29, 1.82) is 0 Å². The van der Waals surface area contributed by atoms with Crippen LogP contribution in [-0.4, -0.2) is 26.8 Å². The monoisotopic (exact) mass is 323 g/mol. The van der Waals surface area contributed by atoms with Crippen molar-refractivity contribution in [2.24, 2.45) is 0 Å². The molecule has 6 heteroatoms. The van der Waals surface area contributed by atoms with Crippen molar-refractivity contribution < 1.29 is 9.90 Å². The third-order valence-corrected chi connectivity index (χ3v) is 3.10. The van der Waals surface area contributed by atoms with E-state index in [9.17, 15) is 9.90 Å². The number of nitrogens with zero attached hydrogens (tertiary/aromatic N) is 2. The highest BCUT2D eigenvalue weighted by Gasteiger charge is 2.14. The van der Waals surface area contributed by atoms with Crippen LogP contribution in [0, 0.1) is 0 Å². The molecule has 0 aliphatic heterocycles. The van der Waals surface area contributed by atoms with Gasteiger partial charge in [0.2, 0.25) is 0 Å². The lowest BCUT2D eigenvalue weighted by atomic mass is 10.2. The number of carbonyl (C=O) groups is 1. The molecule has 1 atom stereocenters. The molecular weight excluding hydrogens is 310 g/mol. The van der Waals surface area contributed by atoms with E-state index in [-0.39, 0.29) is 23.3 Å². The van der Waals surface area contributed by atoms with E-state index in [2.05, 4.69) is 26.3 Å². The van der Waals surface area contributed by atoms with Crippen LogP contribution in [0.2, 0.25) is 0 Å². The lowest BCUT2D eigenvalue weighted by molar-refractivity contribution is 0.0933. The number of aromatic hydroxyl groups is 1. The Labute approximate surface area is 119 Å². The Hall–Kier alpha value is -1.82. The Bertz CT molecular complexity index is 569. The van der Waals surface area contributed by atoms with Gasteiger partial charge in [0.15, 0.2) is 0 Å². The summed E-state index contributed by atoms with van der Waals surface area (Å²) >= 11 is 3.23. The Morgan fingerprint density at radius 2 is 2.37 bits per heavy atom. The third-order valence-electron chi connectivity index (χ3n) is 2.60. The molecule has 1 aromatic carbocycles. The van der Waals surface area contributed by atoms with Crippen molar-refractivity contribution in [2.75, 3.05) is 0 Å². The van der Waals surface area contributed by atoms with Gasteiger partial charge in [-0.2, -0.15) is 5.10 Å². The molecule has 19 heavy (non-hydrogen) atoms. The van der Waals surface area contributed by atoms with Crippen molar-refractivity contribution in [2.45, 2.75) is 19.5 Å². The normalized spacial score (nSPS) is 12.1. The van der Waals surface area contributed by atoms with Gasteiger partial charge in [0, 0.05) is 22.9 Å². The summed E-state index contributed by atoms with van der Waals surface area (Å²) in [6, 6.07) is 6.53. The number of amides is 1. The van der Waals surface area contributed by atoms with E-state index < -0.39 is 0 Å². The topological polar surface area (TPSA) is 67.2 Å². The second kappa shape index (κ2) is 5.88. The van der Waals surface area contributed by atoms with Crippen LogP contribution in [0.3, 0.4) is 0 Å². The van der Waals surface area contributed by atoms with Crippen LogP contribution in [0.15, 0.2) is 41.1 Å². The molecule has 1 unspecified atom stereocenters. The second-order valence-electron chi connectivity index (χ2n) is 4.26. The number of nitrogens with one attached hydrogen (secondary N) is 1. The van der Waals surface area contributed by atoms with Crippen LogP contribution in [0.4, 0.5) is 0 Å². The van der Waals surface area contributed by atoms with E-state index in [0.29, 0.717) is 6.54 Å². The van der Waals surface area contributed by atoms with Gasteiger partial charge in [-0.25, -0.2) is 0 Å². The fourth-order valence-corrected chi connectivity index (χ4v) is 2.08. The van der Waals surface area contributed by atoms with Crippen LogP contribution in [0.1, 0.15) is 17.3 Å². The standard InChI is InChI=1S/C13H14BrN3O2/c1-9(8-17-6-2-5-15-17)16-13(19)11-4-3-10(14)7-12(11)18/h2-7,9,18H,8H2,1H3,(H,16,19). The summed E-state index contributed by atoms with van der Waals surface area (Å²) in [5.41, 5.74) is 0.260. The first-order valence-electron chi connectivity index (χ1n) is 5.83. The molecule has 1 amide bonds. The van der Waals surface area contributed by atoms with Crippen LogP contribution in [0.5, 0.6) is 5.75 Å². The van der Waals surface area contributed by atoms with Crippen molar-refractivity contribution in [3.05, 3.63) is 46.7 Å². The fraction of sp³-hybridized carbons (Fsp3) is 0.231. The minimum atomic E-state index is -0.301. The fourth-order valence-electron chi connectivity index (χ4n) is 1.73. The number of rotatable bonds is 4. The lowest BCUT2D eigenvalue weighted by Gasteiger charge is -2.14. The largest absolute Gasteiger partial charge is 0.507 e. The molecule has 0 fully saturated rings. The van der Waals surface area contributed by atoms with Crippen molar-refractivity contribution >= 4 is 21.8 Å². The number of aromatic nitrogens is 2. The first-order valence-corrected chi connectivity index (χ1v) is 6.62. The Morgan fingerprint density at radius 3 is 3.00 bits per heavy atom. The number of phenolic OH excluding ortho intramolecular Hbond substituents is 1. The Balaban J connectivity index is 2.00. The smallest absolute Gasteiger partial charge is 0.255 e. The molecule has 0 aliphatic rings. The molecule has 0 bridgehead atoms. The SMILES string of the molecule is CC(Cn1cccn1)NC(=O)c1ccc(Br)cc1O. The first-order chi connectivity index (χ1) is 9.06. The molecule has 0 saturated heterocycles. The van der Waals surface area contributed by atoms with Gasteiger partial charge < -0.3 is 10.4 Å². The van der Waals surface area contributed by atoms with E-state index in [1.54, 1.807) is 23.0 Å². The molecule has 2 aromatic rings. The Morgan fingerprint density at radius 1 is 1.58 bits per heavy atom. The van der Waals surface area contributed by atoms with Crippen LogP contribution in [0.25, 0.3) is 0 Å². The van der Waals surface area contributed by atoms with E-state index in [0.717, 1.165) is 4.47 Å². The number of phenols is 1. The van der Waals surface area contributed by atoms with E-state index in [1.165, 1.54) is 6.07 Å². The molecule has 0 radical (unpaired) electrons. The zero-order valence-electron chi connectivity index (χ0n) is 10.4. The number of benzene rings is 1. The van der Waals surface area contributed by atoms with Crippen molar-refractivity contribution in [3.8, 4) is 5.75 Å². The molecular formula is C13H14BrN3O2. The molecule has 2 rings (SSSR count). The van der Waals surface area contributed by atoms with Gasteiger partial charge in [-0.05, 0) is 31.2 Å². The minimum Gasteiger partial charge on any atom is -0.507 e. The van der Waals surface area contributed by atoms with E-state index >= 15 is 0 Å². The molecule has 2 N–H and O–H groups in total. The van der Waals surface area contributed by atoms with Gasteiger partial charge in [-0.1, -0.05) is 15.9 Å². The summed E-state index contributed by atoms with van der Waals surface area (Å²) in [4.78, 5) is 12.0. The first kappa shape index (κ1) is 13.6. The van der Waals surface area contributed by atoms with E-state index in [4.69, 9.17) is 0 Å². The number of carbonyl (C=O) groups excluding carboxylic acids is 1. The summed E-state index contributed by atoms with van der Waals surface area (Å²) < 4.78 is 2.47. The van der Waals surface area contributed by atoms with Crippen LogP contribution < -0.4 is 5.32 Å². The molecule has 0 spiro atoms. The van der Waals surface area contributed by atoms with Gasteiger partial charge in [-0.15, -0.1) is 0 Å². The summed E-state index contributed by atoms with van der Waals surface area (Å²) in [6.07, 6.45) is 3.52. The third kappa shape index (κ3) is 3.57. The lowest BCUT2D eigenvalue weighted by Crippen LogP contribution is -2.35. The minimum absolute atomic E-state index is 0.0434. The predicted octanol–water partition coefficient (Wildman–Crippen LogP) is 2.17. The van der Waals surface area contributed by atoms with Gasteiger partial charge in [-0.3, -0.25) is 9.48 Å². The molecule has 0 aliphatic carbocycles. The van der Waals surface area contributed by atoms with Gasteiger partial charge in [0.25, 0.3) is 5.91 Å². The van der Waals surface area contributed by atoms with Gasteiger partial charge >= 0.3 is 0 Å². The maximum atomic E-state index is 12.0. The summed E-state index contributed by atoms with van der Waals surface area (Å²) in [7, 11) is 0. The zero-order valence-corrected chi connectivity index (χ0v) is 12.0. The predicted molar refractivity (Wildman–Crippen MR) is 75.0 cm³/mol. The maximum Gasteiger partial charge on any atom is 0.255 e. The average Bonchev–Trinajstić information content (AvgIpc) is 2.81. The van der Waals surface area contributed by atoms with Crippen molar-refractivity contribution in [1.82, 2.24) is 15.1 Å². The molecule has 1 aromatic heterocycles. The average molecular weight is 324 g/mol. The summed E-state index contributed by atoms with van der Waals surface area (Å²) in [5.74, 6) is -0.345. The zero-order chi connectivity index (χ0) is 13.8.